The van der Waals surface area contributed by atoms with Gasteiger partial charge in [-0.05, 0) is 29.7 Å². The van der Waals surface area contributed by atoms with E-state index >= 15 is 0 Å². The summed E-state index contributed by atoms with van der Waals surface area (Å²) in [4.78, 5) is 22.2. The quantitative estimate of drug-likeness (QED) is 0.504. The molecule has 176 valence electrons. The largest absolute Gasteiger partial charge is 0.493 e. The van der Waals surface area contributed by atoms with Gasteiger partial charge in [-0.3, -0.25) is 4.79 Å². The summed E-state index contributed by atoms with van der Waals surface area (Å²) in [6, 6.07) is 9.34. The molecule has 0 unspecified atom stereocenters. The first-order chi connectivity index (χ1) is 16.6. The molecule has 0 spiro atoms. The third kappa shape index (κ3) is 4.70. The summed E-state index contributed by atoms with van der Waals surface area (Å²) in [5, 5.41) is 11.5. The van der Waals surface area contributed by atoms with Crippen LogP contribution >= 0.6 is 11.3 Å². The second-order valence-electron chi connectivity index (χ2n) is 7.36. The predicted molar refractivity (Wildman–Crippen MR) is 129 cm³/mol. The molecule has 0 N–H and O–H groups in total. The van der Waals surface area contributed by atoms with E-state index in [1.807, 2.05) is 28.5 Å². The number of hydrogen-bond donors (Lipinski definition) is 0. The summed E-state index contributed by atoms with van der Waals surface area (Å²) in [7, 11) is 4.54. The molecule has 0 aliphatic carbocycles. The number of ether oxygens (including phenoxy) is 3. The van der Waals surface area contributed by atoms with E-state index in [1.54, 1.807) is 34.4 Å². The summed E-state index contributed by atoms with van der Waals surface area (Å²) in [5.74, 6) is 1.94. The maximum absolute atomic E-state index is 13.2. The third-order valence-electron chi connectivity index (χ3n) is 5.43. The lowest BCUT2D eigenvalue weighted by Crippen LogP contribution is -2.48. The summed E-state index contributed by atoms with van der Waals surface area (Å²) in [6.45, 7) is 1.94. The van der Waals surface area contributed by atoms with Gasteiger partial charge in [0.25, 0.3) is 5.91 Å². The number of carbonyl (C=O) groups excluding carboxylic acids is 1. The highest BCUT2D eigenvalue weighted by molar-refractivity contribution is 7.10. The van der Waals surface area contributed by atoms with Crippen molar-refractivity contribution in [2.24, 2.45) is 0 Å². The molecule has 10 heteroatoms. The average Bonchev–Trinajstić information content (AvgIpc) is 3.56. The van der Waals surface area contributed by atoms with E-state index in [0.717, 1.165) is 4.88 Å². The Hall–Kier alpha value is -3.97. The summed E-state index contributed by atoms with van der Waals surface area (Å²) in [6.07, 6.45) is 3.65. The van der Waals surface area contributed by atoms with Crippen LogP contribution in [0, 0.1) is 11.3 Å². The van der Waals surface area contributed by atoms with Crippen LogP contribution in [-0.2, 0) is 0 Å². The first kappa shape index (κ1) is 23.2. The van der Waals surface area contributed by atoms with Crippen molar-refractivity contribution in [3.05, 3.63) is 51.7 Å². The molecule has 3 heterocycles. The minimum atomic E-state index is -0.142. The normalized spacial score (nSPS) is 13.7. The number of hydrogen-bond acceptors (Lipinski definition) is 9. The zero-order valence-corrected chi connectivity index (χ0v) is 19.9. The summed E-state index contributed by atoms with van der Waals surface area (Å²) < 4.78 is 21.9. The van der Waals surface area contributed by atoms with Gasteiger partial charge in [0, 0.05) is 42.7 Å². The van der Waals surface area contributed by atoms with Crippen LogP contribution in [0.5, 0.6) is 17.2 Å². The van der Waals surface area contributed by atoms with Crippen molar-refractivity contribution in [3.8, 4) is 23.3 Å². The topological polar surface area (TPSA) is 101 Å². The molecule has 4 rings (SSSR count). The highest BCUT2D eigenvalue weighted by atomic mass is 32.1. The van der Waals surface area contributed by atoms with Gasteiger partial charge in [-0.25, -0.2) is 0 Å². The highest BCUT2D eigenvalue weighted by Gasteiger charge is 2.28. The number of rotatable bonds is 7. The molecule has 1 aliphatic rings. The van der Waals surface area contributed by atoms with Gasteiger partial charge >= 0.3 is 0 Å². The molecule has 0 bridgehead atoms. The smallest absolute Gasteiger partial charge is 0.254 e. The number of carbonyl (C=O) groups is 1. The van der Waals surface area contributed by atoms with Crippen molar-refractivity contribution < 1.29 is 23.4 Å². The van der Waals surface area contributed by atoms with E-state index in [-0.39, 0.29) is 11.6 Å². The number of thiophene rings is 1. The minimum absolute atomic E-state index is 0.142. The SMILES string of the molecule is COc1cc(C(=O)N2CCN(c3oc(/C=C/c4cccs4)nc3C#N)CC2)cc(OC)c1OC. The molecule has 34 heavy (non-hydrogen) atoms. The van der Waals surface area contributed by atoms with Crippen molar-refractivity contribution in [3.63, 3.8) is 0 Å². The number of anilines is 1. The van der Waals surface area contributed by atoms with Gasteiger partial charge in [0.1, 0.15) is 6.07 Å². The van der Waals surface area contributed by atoms with E-state index in [0.29, 0.717) is 60.8 Å². The van der Waals surface area contributed by atoms with Crippen LogP contribution in [0.1, 0.15) is 26.8 Å². The van der Waals surface area contributed by atoms with Gasteiger partial charge in [-0.2, -0.15) is 10.2 Å². The number of oxazole rings is 1. The minimum Gasteiger partial charge on any atom is -0.493 e. The van der Waals surface area contributed by atoms with Crippen LogP contribution in [0.15, 0.2) is 34.1 Å². The molecule has 1 aliphatic heterocycles. The van der Waals surface area contributed by atoms with Crippen molar-refractivity contribution in [1.29, 1.82) is 5.26 Å². The third-order valence-corrected chi connectivity index (χ3v) is 6.27. The Balaban J connectivity index is 1.46. The van der Waals surface area contributed by atoms with Crippen LogP contribution in [0.25, 0.3) is 12.2 Å². The molecule has 1 fully saturated rings. The van der Waals surface area contributed by atoms with Gasteiger partial charge in [0.05, 0.1) is 21.3 Å². The highest BCUT2D eigenvalue weighted by Crippen LogP contribution is 2.38. The maximum Gasteiger partial charge on any atom is 0.254 e. The van der Waals surface area contributed by atoms with Crippen LogP contribution < -0.4 is 19.1 Å². The fourth-order valence-electron chi connectivity index (χ4n) is 3.73. The lowest BCUT2D eigenvalue weighted by molar-refractivity contribution is 0.0744. The fraction of sp³-hybridized carbons (Fsp3) is 0.292. The molecule has 2 aromatic heterocycles. The van der Waals surface area contributed by atoms with Gasteiger partial charge < -0.3 is 28.4 Å². The van der Waals surface area contributed by atoms with Gasteiger partial charge in [0.15, 0.2) is 11.5 Å². The summed E-state index contributed by atoms with van der Waals surface area (Å²) in [5.41, 5.74) is 0.677. The summed E-state index contributed by atoms with van der Waals surface area (Å²) >= 11 is 1.60. The standard InChI is InChI=1S/C24H24N4O5S/c1-30-19-13-16(14-20(31-2)22(19)32-3)23(29)27-8-10-28(11-9-27)24-18(15-25)26-21(33-24)7-6-17-5-4-12-34-17/h4-7,12-14H,8-11H2,1-3H3/b7-6+. The van der Waals surface area contributed by atoms with E-state index in [4.69, 9.17) is 18.6 Å². The molecule has 9 nitrogen and oxygen atoms in total. The van der Waals surface area contributed by atoms with E-state index in [1.165, 1.54) is 21.3 Å². The number of nitriles is 1. The first-order valence-corrected chi connectivity index (χ1v) is 11.4. The number of amides is 1. The Morgan fingerprint density at radius 3 is 2.38 bits per heavy atom. The van der Waals surface area contributed by atoms with Crippen molar-refractivity contribution in [2.75, 3.05) is 52.4 Å². The van der Waals surface area contributed by atoms with Gasteiger partial charge in [0.2, 0.25) is 23.2 Å². The lowest BCUT2D eigenvalue weighted by atomic mass is 10.1. The maximum atomic E-state index is 13.2. The molecule has 3 aromatic rings. The number of nitrogens with zero attached hydrogens (tertiary/aromatic N) is 4. The van der Waals surface area contributed by atoms with Crippen LogP contribution in [0.3, 0.4) is 0 Å². The zero-order chi connectivity index (χ0) is 24.1. The zero-order valence-electron chi connectivity index (χ0n) is 19.1. The lowest BCUT2D eigenvalue weighted by Gasteiger charge is -2.34. The Morgan fingerprint density at radius 1 is 1.12 bits per heavy atom. The van der Waals surface area contributed by atoms with Gasteiger partial charge in [-0.15, -0.1) is 11.3 Å². The molecule has 1 aromatic carbocycles. The Labute approximate surface area is 201 Å². The molecule has 0 radical (unpaired) electrons. The van der Waals surface area contributed by atoms with Crippen LogP contribution in [-0.4, -0.2) is 63.3 Å². The van der Waals surface area contributed by atoms with E-state index in [9.17, 15) is 10.1 Å². The Kier molecular flexibility index (Phi) is 7.04. The second-order valence-corrected chi connectivity index (χ2v) is 8.34. The van der Waals surface area contributed by atoms with E-state index in [2.05, 4.69) is 11.1 Å². The molecule has 0 saturated carbocycles. The average molecular weight is 481 g/mol. The van der Waals surface area contributed by atoms with Crippen molar-refractivity contribution in [2.45, 2.75) is 0 Å². The number of aromatic nitrogens is 1. The number of benzene rings is 1. The van der Waals surface area contributed by atoms with Crippen molar-refractivity contribution >= 4 is 35.3 Å². The molecule has 0 atom stereocenters. The molecule has 1 amide bonds. The molecular weight excluding hydrogens is 456 g/mol. The second kappa shape index (κ2) is 10.3. The number of piperazine rings is 1. The molecular formula is C24H24N4O5S. The van der Waals surface area contributed by atoms with Crippen LogP contribution in [0.4, 0.5) is 5.88 Å². The predicted octanol–water partition coefficient (Wildman–Crippen LogP) is 3.77. The molecule has 1 saturated heterocycles. The Bertz CT molecular complexity index is 1200. The van der Waals surface area contributed by atoms with Gasteiger partial charge in [-0.1, -0.05) is 6.07 Å². The van der Waals surface area contributed by atoms with E-state index < -0.39 is 0 Å². The first-order valence-electron chi connectivity index (χ1n) is 10.5. The fourth-order valence-corrected chi connectivity index (χ4v) is 4.34. The monoisotopic (exact) mass is 480 g/mol. The Morgan fingerprint density at radius 2 is 1.82 bits per heavy atom. The number of methoxy groups -OCH3 is 3. The van der Waals surface area contributed by atoms with Crippen molar-refractivity contribution in [1.82, 2.24) is 9.88 Å². The van der Waals surface area contributed by atoms with Crippen LogP contribution in [0.2, 0.25) is 0 Å².